The quantitative estimate of drug-likeness (QED) is 0.817. The van der Waals surface area contributed by atoms with Crippen molar-refractivity contribution in [3.8, 4) is 5.75 Å². The lowest BCUT2D eigenvalue weighted by Crippen LogP contribution is -2.50. The van der Waals surface area contributed by atoms with Crippen LogP contribution in [0.25, 0.3) is 0 Å². The third-order valence-corrected chi connectivity index (χ3v) is 5.52. The Morgan fingerprint density at radius 2 is 1.96 bits per heavy atom. The molecule has 1 atom stereocenters. The summed E-state index contributed by atoms with van der Waals surface area (Å²) in [6.07, 6.45) is 6.64. The van der Waals surface area contributed by atoms with E-state index in [0.717, 1.165) is 50.2 Å². The number of carbonyl (C=O) groups is 1. The number of carbonyl (C=O) groups excluding carboxylic acids is 1. The lowest BCUT2D eigenvalue weighted by Gasteiger charge is -2.37. The summed E-state index contributed by atoms with van der Waals surface area (Å²) in [6.45, 7) is 5.88. The van der Waals surface area contributed by atoms with Gasteiger partial charge in [-0.05, 0) is 48.9 Å². The molecule has 5 nitrogen and oxygen atoms in total. The summed E-state index contributed by atoms with van der Waals surface area (Å²) in [5.74, 6) is 1.06. The van der Waals surface area contributed by atoms with Crippen LogP contribution in [0.4, 0.5) is 0 Å². The van der Waals surface area contributed by atoms with Crippen molar-refractivity contribution in [3.05, 3.63) is 59.4 Å². The average molecular weight is 365 g/mol. The summed E-state index contributed by atoms with van der Waals surface area (Å²) >= 11 is 0. The van der Waals surface area contributed by atoms with Gasteiger partial charge in [0.05, 0.1) is 18.8 Å². The van der Waals surface area contributed by atoms with Gasteiger partial charge in [0.25, 0.3) is 0 Å². The number of benzene rings is 1. The standard InChI is InChI=1S/C22H27N3O2/c1-2-27-20-11-17(13-23-14-20)15-25-16-19-8-4-3-7-18(19)12-21(25)22(26)24-9-5-6-10-24/h3-4,7-8,11,13-14,21H,2,5-6,9-10,12,15-16H2,1H3. The highest BCUT2D eigenvalue weighted by molar-refractivity contribution is 5.83. The summed E-state index contributed by atoms with van der Waals surface area (Å²) in [4.78, 5) is 21.9. The van der Waals surface area contributed by atoms with Crippen LogP contribution in [0.2, 0.25) is 0 Å². The summed E-state index contributed by atoms with van der Waals surface area (Å²) < 4.78 is 5.59. The van der Waals surface area contributed by atoms with E-state index >= 15 is 0 Å². The van der Waals surface area contributed by atoms with Gasteiger partial charge in [0.1, 0.15) is 5.75 Å². The van der Waals surface area contributed by atoms with Crippen molar-refractivity contribution in [2.24, 2.45) is 0 Å². The summed E-state index contributed by atoms with van der Waals surface area (Å²) in [5, 5.41) is 0. The molecule has 1 fully saturated rings. The Balaban J connectivity index is 1.59. The van der Waals surface area contributed by atoms with Crippen LogP contribution in [0.3, 0.4) is 0 Å². The molecule has 2 aromatic rings. The van der Waals surface area contributed by atoms with Crippen molar-refractivity contribution in [3.63, 3.8) is 0 Å². The van der Waals surface area contributed by atoms with Crippen molar-refractivity contribution in [2.75, 3.05) is 19.7 Å². The number of rotatable bonds is 5. The van der Waals surface area contributed by atoms with E-state index in [-0.39, 0.29) is 11.9 Å². The number of nitrogens with zero attached hydrogens (tertiary/aromatic N) is 3. The number of hydrogen-bond acceptors (Lipinski definition) is 4. The van der Waals surface area contributed by atoms with Crippen molar-refractivity contribution in [1.82, 2.24) is 14.8 Å². The highest BCUT2D eigenvalue weighted by Crippen LogP contribution is 2.27. The molecule has 27 heavy (non-hydrogen) atoms. The van der Waals surface area contributed by atoms with Crippen LogP contribution in [0.15, 0.2) is 42.7 Å². The van der Waals surface area contributed by atoms with Gasteiger partial charge in [0, 0.05) is 32.4 Å². The van der Waals surface area contributed by atoms with Crippen LogP contribution < -0.4 is 4.74 Å². The Labute approximate surface area is 161 Å². The van der Waals surface area contributed by atoms with Crippen LogP contribution in [-0.2, 0) is 24.3 Å². The third kappa shape index (κ3) is 3.98. The van der Waals surface area contributed by atoms with E-state index in [1.165, 1.54) is 11.1 Å². The highest BCUT2D eigenvalue weighted by atomic mass is 16.5. The van der Waals surface area contributed by atoms with E-state index in [9.17, 15) is 4.79 Å². The highest BCUT2D eigenvalue weighted by Gasteiger charge is 2.35. The van der Waals surface area contributed by atoms with Gasteiger partial charge in [0.15, 0.2) is 0 Å². The molecular weight excluding hydrogens is 338 g/mol. The van der Waals surface area contributed by atoms with Gasteiger partial charge in [-0.1, -0.05) is 24.3 Å². The second-order valence-corrected chi connectivity index (χ2v) is 7.39. The van der Waals surface area contributed by atoms with Gasteiger partial charge >= 0.3 is 0 Å². The average Bonchev–Trinajstić information content (AvgIpc) is 3.22. The normalized spacial score (nSPS) is 19.7. The Kier molecular flexibility index (Phi) is 5.39. The molecule has 1 aromatic carbocycles. The largest absolute Gasteiger partial charge is 0.492 e. The molecule has 1 amide bonds. The fourth-order valence-electron chi connectivity index (χ4n) is 4.17. The van der Waals surface area contributed by atoms with Gasteiger partial charge < -0.3 is 9.64 Å². The fourth-order valence-corrected chi connectivity index (χ4v) is 4.17. The van der Waals surface area contributed by atoms with Crippen molar-refractivity contribution in [1.29, 1.82) is 0 Å². The molecule has 0 spiro atoms. The number of fused-ring (bicyclic) bond motifs is 1. The molecule has 1 aromatic heterocycles. The van der Waals surface area contributed by atoms with Gasteiger partial charge in [-0.25, -0.2) is 0 Å². The van der Waals surface area contributed by atoms with Crippen molar-refractivity contribution >= 4 is 5.91 Å². The molecule has 4 rings (SSSR count). The SMILES string of the molecule is CCOc1cncc(CN2Cc3ccccc3CC2C(=O)N2CCCC2)c1. The maximum absolute atomic E-state index is 13.2. The Hall–Kier alpha value is -2.40. The van der Waals surface area contributed by atoms with Crippen molar-refractivity contribution in [2.45, 2.75) is 45.3 Å². The lowest BCUT2D eigenvalue weighted by molar-refractivity contribution is -0.136. The van der Waals surface area contributed by atoms with E-state index in [2.05, 4.69) is 34.1 Å². The molecule has 0 radical (unpaired) electrons. The second kappa shape index (κ2) is 8.09. The minimum absolute atomic E-state index is 0.103. The van der Waals surface area contributed by atoms with Gasteiger partial charge in [-0.2, -0.15) is 0 Å². The molecular formula is C22H27N3O2. The Morgan fingerprint density at radius 1 is 1.19 bits per heavy atom. The molecule has 3 heterocycles. The predicted molar refractivity (Wildman–Crippen MR) is 104 cm³/mol. The van der Waals surface area contributed by atoms with E-state index in [1.807, 2.05) is 24.1 Å². The molecule has 2 aliphatic heterocycles. The zero-order chi connectivity index (χ0) is 18.6. The minimum Gasteiger partial charge on any atom is -0.492 e. The smallest absolute Gasteiger partial charge is 0.240 e. The predicted octanol–water partition coefficient (Wildman–Crippen LogP) is 3.03. The zero-order valence-electron chi connectivity index (χ0n) is 15.9. The maximum Gasteiger partial charge on any atom is 0.240 e. The topological polar surface area (TPSA) is 45.7 Å². The maximum atomic E-state index is 13.2. The molecule has 1 unspecified atom stereocenters. The van der Waals surface area contributed by atoms with Gasteiger partial charge in [-0.15, -0.1) is 0 Å². The van der Waals surface area contributed by atoms with Crippen LogP contribution >= 0.6 is 0 Å². The summed E-state index contributed by atoms with van der Waals surface area (Å²) in [5.41, 5.74) is 3.70. The third-order valence-electron chi connectivity index (χ3n) is 5.52. The number of amides is 1. The van der Waals surface area contributed by atoms with Gasteiger partial charge in [0.2, 0.25) is 5.91 Å². The zero-order valence-corrected chi connectivity index (χ0v) is 15.9. The number of likely N-dealkylation sites (tertiary alicyclic amines) is 1. The number of ether oxygens (including phenoxy) is 1. The Morgan fingerprint density at radius 3 is 2.74 bits per heavy atom. The molecule has 5 heteroatoms. The van der Waals surface area contributed by atoms with Crippen LogP contribution in [-0.4, -0.2) is 46.4 Å². The molecule has 0 saturated carbocycles. The number of pyridine rings is 1. The first-order valence-corrected chi connectivity index (χ1v) is 9.91. The molecule has 142 valence electrons. The Bertz CT molecular complexity index is 802. The van der Waals surface area contributed by atoms with E-state index < -0.39 is 0 Å². The van der Waals surface area contributed by atoms with E-state index in [4.69, 9.17) is 4.74 Å². The van der Waals surface area contributed by atoms with Crippen molar-refractivity contribution < 1.29 is 9.53 Å². The number of aromatic nitrogens is 1. The lowest BCUT2D eigenvalue weighted by atomic mass is 9.93. The molecule has 0 aliphatic carbocycles. The molecule has 2 aliphatic rings. The molecule has 0 N–H and O–H groups in total. The molecule has 1 saturated heterocycles. The first-order chi connectivity index (χ1) is 13.2. The monoisotopic (exact) mass is 365 g/mol. The summed E-state index contributed by atoms with van der Waals surface area (Å²) in [6, 6.07) is 10.4. The van der Waals surface area contributed by atoms with E-state index in [0.29, 0.717) is 13.2 Å². The van der Waals surface area contributed by atoms with Gasteiger partial charge in [-0.3, -0.25) is 14.7 Å². The first kappa shape index (κ1) is 18.0. The molecule has 0 bridgehead atoms. The van der Waals surface area contributed by atoms with E-state index in [1.54, 1.807) is 6.20 Å². The fraction of sp³-hybridized carbons (Fsp3) is 0.455. The summed E-state index contributed by atoms with van der Waals surface area (Å²) in [7, 11) is 0. The second-order valence-electron chi connectivity index (χ2n) is 7.39. The minimum atomic E-state index is -0.103. The number of hydrogen-bond donors (Lipinski definition) is 0. The van der Waals surface area contributed by atoms with Crippen LogP contribution in [0.1, 0.15) is 36.5 Å². The first-order valence-electron chi connectivity index (χ1n) is 9.91. The van der Waals surface area contributed by atoms with Crippen LogP contribution in [0, 0.1) is 0 Å². The van der Waals surface area contributed by atoms with Crippen LogP contribution in [0.5, 0.6) is 5.75 Å².